The highest BCUT2D eigenvalue weighted by Crippen LogP contribution is 2.21. The van der Waals surface area contributed by atoms with Crippen molar-refractivity contribution in [2.45, 2.75) is 33.2 Å². The first-order valence-corrected chi connectivity index (χ1v) is 6.14. The number of carboxylic acid groups (broad SMARTS) is 1. The molecule has 0 saturated heterocycles. The summed E-state index contributed by atoms with van der Waals surface area (Å²) in [4.78, 5) is 24.6. The summed E-state index contributed by atoms with van der Waals surface area (Å²) in [6.45, 7) is 5.80. The summed E-state index contributed by atoms with van der Waals surface area (Å²) in [5.41, 5.74) is -1.69. The molecule has 1 rings (SSSR count). The lowest BCUT2D eigenvalue weighted by atomic mass is 10.0. The number of benzene rings is 1. The summed E-state index contributed by atoms with van der Waals surface area (Å²) in [6, 6.07) is 1.72. The molecule has 1 amide bonds. The van der Waals surface area contributed by atoms with Crippen LogP contribution in [0.25, 0.3) is 0 Å². The number of halogens is 2. The summed E-state index contributed by atoms with van der Waals surface area (Å²) in [7, 11) is 0. The van der Waals surface area contributed by atoms with E-state index in [0.717, 1.165) is 11.0 Å². The molecule has 0 bridgehead atoms. The maximum atomic E-state index is 13.7. The topological polar surface area (TPSA) is 57.6 Å². The van der Waals surface area contributed by atoms with E-state index in [1.807, 2.05) is 0 Å². The summed E-state index contributed by atoms with van der Waals surface area (Å²) in [6.07, 6.45) is 0. The highest BCUT2D eigenvalue weighted by atomic mass is 19.1. The van der Waals surface area contributed by atoms with Gasteiger partial charge in [0.15, 0.2) is 0 Å². The lowest BCUT2D eigenvalue weighted by molar-refractivity contribution is -0.147. The van der Waals surface area contributed by atoms with Gasteiger partial charge in [-0.25, -0.2) is 13.6 Å². The molecule has 0 unspecified atom stereocenters. The third-order valence-corrected chi connectivity index (χ3v) is 3.24. The van der Waals surface area contributed by atoms with Gasteiger partial charge >= 0.3 is 5.97 Å². The van der Waals surface area contributed by atoms with E-state index in [0.29, 0.717) is 6.07 Å². The number of aryl methyl sites for hydroxylation is 1. The van der Waals surface area contributed by atoms with Gasteiger partial charge in [-0.05, 0) is 39.3 Å². The number of nitrogens with zero attached hydrogens (tertiary/aromatic N) is 1. The summed E-state index contributed by atoms with van der Waals surface area (Å²) >= 11 is 0. The lowest BCUT2D eigenvalue weighted by Crippen LogP contribution is -2.53. The number of carboxylic acids is 1. The van der Waals surface area contributed by atoms with Crippen molar-refractivity contribution >= 4 is 11.9 Å². The highest BCUT2D eigenvalue weighted by molar-refractivity contribution is 5.98. The van der Waals surface area contributed by atoms with Gasteiger partial charge in [0.2, 0.25) is 0 Å². The van der Waals surface area contributed by atoms with Gasteiger partial charge in [-0.15, -0.1) is 0 Å². The van der Waals surface area contributed by atoms with Crippen LogP contribution in [0.1, 0.15) is 36.7 Å². The molecule has 0 saturated carbocycles. The molecule has 0 fully saturated rings. The summed E-state index contributed by atoms with van der Waals surface area (Å²) in [5.74, 6) is -3.73. The molecule has 0 spiro atoms. The minimum absolute atomic E-state index is 0.0913. The van der Waals surface area contributed by atoms with E-state index in [-0.39, 0.29) is 17.7 Å². The van der Waals surface area contributed by atoms with Crippen molar-refractivity contribution in [3.8, 4) is 0 Å². The Hall–Kier alpha value is -1.98. The number of hydrogen-bond acceptors (Lipinski definition) is 2. The zero-order valence-corrected chi connectivity index (χ0v) is 11.8. The number of carbonyl (C=O) groups excluding carboxylic acids is 1. The molecule has 0 aromatic heterocycles. The zero-order chi connectivity index (χ0) is 15.7. The number of hydrogen-bond donors (Lipinski definition) is 1. The monoisotopic (exact) mass is 285 g/mol. The Bertz CT molecular complexity index is 556. The van der Waals surface area contributed by atoms with Gasteiger partial charge in [0.05, 0.1) is 5.56 Å². The minimum Gasteiger partial charge on any atom is -0.480 e. The predicted molar refractivity (Wildman–Crippen MR) is 69.5 cm³/mol. The van der Waals surface area contributed by atoms with Crippen LogP contribution in [-0.4, -0.2) is 34.0 Å². The molecule has 0 aliphatic carbocycles. The van der Waals surface area contributed by atoms with Crippen LogP contribution in [0.5, 0.6) is 0 Å². The van der Waals surface area contributed by atoms with Crippen LogP contribution in [0.2, 0.25) is 0 Å². The minimum atomic E-state index is -1.49. The SMILES string of the molecule is CCN(C(=O)c1cc(C)c(F)cc1F)C(C)(C)C(=O)O. The molecule has 0 heterocycles. The van der Waals surface area contributed by atoms with Crippen LogP contribution >= 0.6 is 0 Å². The Morgan fingerprint density at radius 1 is 1.25 bits per heavy atom. The number of likely N-dealkylation sites (N-methyl/N-ethyl adjacent to an activating group) is 1. The zero-order valence-electron chi connectivity index (χ0n) is 11.8. The predicted octanol–water partition coefficient (Wildman–Crippen LogP) is 2.60. The first-order chi connectivity index (χ1) is 9.12. The van der Waals surface area contributed by atoms with Gasteiger partial charge in [0, 0.05) is 12.6 Å². The second-order valence-electron chi connectivity index (χ2n) is 4.99. The van der Waals surface area contributed by atoms with E-state index in [1.165, 1.54) is 20.8 Å². The fourth-order valence-corrected chi connectivity index (χ4v) is 1.87. The van der Waals surface area contributed by atoms with Crippen molar-refractivity contribution in [2.75, 3.05) is 6.54 Å². The van der Waals surface area contributed by atoms with Crippen molar-refractivity contribution in [3.63, 3.8) is 0 Å². The van der Waals surface area contributed by atoms with E-state index in [4.69, 9.17) is 5.11 Å². The van der Waals surface area contributed by atoms with E-state index >= 15 is 0 Å². The summed E-state index contributed by atoms with van der Waals surface area (Å²) < 4.78 is 26.9. The van der Waals surface area contributed by atoms with Crippen molar-refractivity contribution in [1.82, 2.24) is 4.90 Å². The third kappa shape index (κ3) is 2.79. The largest absolute Gasteiger partial charge is 0.480 e. The normalized spacial score (nSPS) is 11.3. The van der Waals surface area contributed by atoms with Crippen LogP contribution in [0.15, 0.2) is 12.1 Å². The first kappa shape index (κ1) is 16.1. The average Bonchev–Trinajstić information content (AvgIpc) is 2.33. The third-order valence-electron chi connectivity index (χ3n) is 3.24. The molecule has 1 aromatic rings. The van der Waals surface area contributed by atoms with Gasteiger partial charge in [-0.3, -0.25) is 4.79 Å². The average molecular weight is 285 g/mol. The smallest absolute Gasteiger partial charge is 0.329 e. The molecule has 0 aliphatic rings. The first-order valence-electron chi connectivity index (χ1n) is 6.14. The second kappa shape index (κ2) is 5.56. The number of rotatable bonds is 4. The summed E-state index contributed by atoms with van der Waals surface area (Å²) in [5, 5.41) is 9.16. The highest BCUT2D eigenvalue weighted by Gasteiger charge is 2.38. The van der Waals surface area contributed by atoms with Crippen LogP contribution in [0.4, 0.5) is 8.78 Å². The Balaban J connectivity index is 3.29. The number of amides is 1. The van der Waals surface area contributed by atoms with Gasteiger partial charge in [0.1, 0.15) is 17.2 Å². The number of carbonyl (C=O) groups is 2. The van der Waals surface area contributed by atoms with Gasteiger partial charge in [-0.1, -0.05) is 0 Å². The van der Waals surface area contributed by atoms with Crippen molar-refractivity contribution in [1.29, 1.82) is 0 Å². The lowest BCUT2D eigenvalue weighted by Gasteiger charge is -2.34. The molecule has 110 valence electrons. The van der Waals surface area contributed by atoms with Crippen LogP contribution in [0.3, 0.4) is 0 Å². The standard InChI is InChI=1S/C14H17F2NO3/c1-5-17(14(3,4)13(19)20)12(18)9-6-8(2)10(15)7-11(9)16/h6-7H,5H2,1-4H3,(H,19,20). The van der Waals surface area contributed by atoms with Crippen molar-refractivity contribution in [3.05, 3.63) is 34.9 Å². The van der Waals surface area contributed by atoms with Crippen molar-refractivity contribution in [2.24, 2.45) is 0 Å². The maximum absolute atomic E-state index is 13.7. The Labute approximate surface area is 116 Å². The molecular weight excluding hydrogens is 268 g/mol. The fraction of sp³-hybridized carbons (Fsp3) is 0.429. The number of aliphatic carboxylic acids is 1. The van der Waals surface area contributed by atoms with E-state index in [9.17, 15) is 18.4 Å². The van der Waals surface area contributed by atoms with Crippen molar-refractivity contribution < 1.29 is 23.5 Å². The fourth-order valence-electron chi connectivity index (χ4n) is 1.87. The molecular formula is C14H17F2NO3. The van der Waals surface area contributed by atoms with Crippen LogP contribution < -0.4 is 0 Å². The molecule has 0 atom stereocenters. The molecule has 4 nitrogen and oxygen atoms in total. The Kier molecular flexibility index (Phi) is 4.47. The van der Waals surface area contributed by atoms with E-state index < -0.39 is 29.0 Å². The quantitative estimate of drug-likeness (QED) is 0.925. The molecule has 0 aliphatic heterocycles. The maximum Gasteiger partial charge on any atom is 0.329 e. The van der Waals surface area contributed by atoms with E-state index in [2.05, 4.69) is 0 Å². The van der Waals surface area contributed by atoms with Crippen LogP contribution in [-0.2, 0) is 4.79 Å². The molecule has 6 heteroatoms. The molecule has 1 aromatic carbocycles. The Morgan fingerprint density at radius 2 is 1.80 bits per heavy atom. The van der Waals surface area contributed by atoms with Gasteiger partial charge in [-0.2, -0.15) is 0 Å². The van der Waals surface area contributed by atoms with Crippen LogP contribution in [0, 0.1) is 18.6 Å². The van der Waals surface area contributed by atoms with Gasteiger partial charge in [0.25, 0.3) is 5.91 Å². The second-order valence-corrected chi connectivity index (χ2v) is 4.99. The van der Waals surface area contributed by atoms with Gasteiger partial charge < -0.3 is 10.0 Å². The van der Waals surface area contributed by atoms with E-state index in [1.54, 1.807) is 6.92 Å². The molecule has 20 heavy (non-hydrogen) atoms. The molecule has 0 radical (unpaired) electrons. The molecule has 1 N–H and O–H groups in total. The Morgan fingerprint density at radius 3 is 2.25 bits per heavy atom.